The predicted molar refractivity (Wildman–Crippen MR) is 104 cm³/mol. The number of benzene rings is 1. The summed E-state index contributed by atoms with van der Waals surface area (Å²) in [6.07, 6.45) is 7.71. The third kappa shape index (κ3) is 3.89. The van der Waals surface area contributed by atoms with E-state index in [2.05, 4.69) is 0 Å². The summed E-state index contributed by atoms with van der Waals surface area (Å²) in [6, 6.07) is 5.57. The number of aryl methyl sites for hydroxylation is 1. The Balaban J connectivity index is 1.29. The van der Waals surface area contributed by atoms with Crippen molar-refractivity contribution in [2.75, 3.05) is 20.8 Å². The predicted octanol–water partition coefficient (Wildman–Crippen LogP) is 3.97. The van der Waals surface area contributed by atoms with Gasteiger partial charge in [0, 0.05) is 17.9 Å². The fourth-order valence-corrected chi connectivity index (χ4v) is 6.08. The van der Waals surface area contributed by atoms with Crippen LogP contribution in [0.15, 0.2) is 18.2 Å². The zero-order valence-electron chi connectivity index (χ0n) is 16.9. The van der Waals surface area contributed by atoms with Gasteiger partial charge in [0.15, 0.2) is 12.4 Å². The van der Waals surface area contributed by atoms with E-state index in [0.717, 1.165) is 24.8 Å². The first-order chi connectivity index (χ1) is 13.5. The number of carbonyl (C=O) groups is 2. The molecule has 0 unspecified atom stereocenters. The van der Waals surface area contributed by atoms with Crippen molar-refractivity contribution >= 4 is 11.8 Å². The van der Waals surface area contributed by atoms with E-state index in [0.29, 0.717) is 35.7 Å². The third-order valence-electron chi connectivity index (χ3n) is 7.02. The molecular weight excluding hydrogens is 356 g/mol. The fourth-order valence-electron chi connectivity index (χ4n) is 6.08. The van der Waals surface area contributed by atoms with Crippen molar-refractivity contribution in [3.05, 3.63) is 23.8 Å². The van der Waals surface area contributed by atoms with Crippen LogP contribution in [0.1, 0.15) is 50.5 Å². The number of ketones is 1. The second kappa shape index (κ2) is 7.76. The smallest absolute Gasteiger partial charge is 0.306 e. The Morgan fingerprint density at radius 1 is 0.929 bits per heavy atom. The standard InChI is InChI=1S/C23H30O5/c1-26-19-8-15(9-20(10-19)27-2)3-4-22(25)28-14-21(24)23-11-16-5-17(12-23)7-18(6-16)13-23/h8-10,16-18H,3-7,11-14H2,1-2H3. The second-order valence-corrected chi connectivity index (χ2v) is 9.00. The maximum Gasteiger partial charge on any atom is 0.306 e. The number of carbonyl (C=O) groups excluding carboxylic acids is 2. The maximum absolute atomic E-state index is 12.9. The average molecular weight is 386 g/mol. The van der Waals surface area contributed by atoms with Gasteiger partial charge in [-0.25, -0.2) is 0 Å². The minimum atomic E-state index is -0.320. The van der Waals surface area contributed by atoms with Gasteiger partial charge in [-0.3, -0.25) is 9.59 Å². The summed E-state index contributed by atoms with van der Waals surface area (Å²) in [4.78, 5) is 25.2. The van der Waals surface area contributed by atoms with Crippen molar-refractivity contribution in [3.8, 4) is 11.5 Å². The van der Waals surface area contributed by atoms with E-state index in [9.17, 15) is 9.59 Å². The number of hydrogen-bond acceptors (Lipinski definition) is 5. The minimum absolute atomic E-state index is 0.0631. The summed E-state index contributed by atoms with van der Waals surface area (Å²) < 4.78 is 15.9. The molecule has 28 heavy (non-hydrogen) atoms. The van der Waals surface area contributed by atoms with E-state index in [1.807, 2.05) is 12.1 Å². The molecule has 5 nitrogen and oxygen atoms in total. The van der Waals surface area contributed by atoms with Crippen LogP contribution in [-0.4, -0.2) is 32.6 Å². The van der Waals surface area contributed by atoms with Crippen molar-refractivity contribution in [2.45, 2.75) is 51.4 Å². The molecule has 0 spiro atoms. The van der Waals surface area contributed by atoms with Crippen LogP contribution in [0, 0.1) is 23.2 Å². The SMILES string of the molecule is COc1cc(CCC(=O)OCC(=O)C23CC4CC(CC(C4)C2)C3)cc(OC)c1. The van der Waals surface area contributed by atoms with Crippen LogP contribution in [0.25, 0.3) is 0 Å². The van der Waals surface area contributed by atoms with Crippen molar-refractivity contribution < 1.29 is 23.8 Å². The molecule has 4 saturated carbocycles. The number of Topliss-reactive ketones (excluding diaryl/α,β-unsaturated/α-hetero) is 1. The number of rotatable bonds is 8. The highest BCUT2D eigenvalue weighted by molar-refractivity contribution is 5.88. The summed E-state index contributed by atoms with van der Waals surface area (Å²) in [5.41, 5.74) is 0.746. The largest absolute Gasteiger partial charge is 0.497 e. The van der Waals surface area contributed by atoms with E-state index in [4.69, 9.17) is 14.2 Å². The Bertz CT molecular complexity index is 696. The molecule has 0 aliphatic heterocycles. The lowest BCUT2D eigenvalue weighted by Crippen LogP contribution is -2.51. The van der Waals surface area contributed by atoms with E-state index in [-0.39, 0.29) is 30.2 Å². The van der Waals surface area contributed by atoms with Crippen LogP contribution in [0.5, 0.6) is 11.5 Å². The van der Waals surface area contributed by atoms with Crippen molar-refractivity contribution in [1.29, 1.82) is 0 Å². The molecule has 0 N–H and O–H groups in total. The van der Waals surface area contributed by atoms with Crippen LogP contribution in [0.2, 0.25) is 0 Å². The van der Waals surface area contributed by atoms with Crippen molar-refractivity contribution in [2.24, 2.45) is 23.2 Å². The van der Waals surface area contributed by atoms with Crippen LogP contribution >= 0.6 is 0 Å². The van der Waals surface area contributed by atoms with E-state index in [1.54, 1.807) is 20.3 Å². The van der Waals surface area contributed by atoms with Crippen LogP contribution in [-0.2, 0) is 20.7 Å². The Morgan fingerprint density at radius 3 is 1.96 bits per heavy atom. The molecule has 4 aliphatic carbocycles. The molecule has 0 heterocycles. The molecule has 0 saturated heterocycles. The lowest BCUT2D eigenvalue weighted by molar-refractivity contribution is -0.157. The second-order valence-electron chi connectivity index (χ2n) is 9.00. The van der Waals surface area contributed by atoms with Gasteiger partial charge in [0.1, 0.15) is 11.5 Å². The number of hydrogen-bond donors (Lipinski definition) is 0. The monoisotopic (exact) mass is 386 g/mol. The lowest BCUT2D eigenvalue weighted by atomic mass is 9.48. The average Bonchev–Trinajstić information content (AvgIpc) is 2.69. The van der Waals surface area contributed by atoms with Crippen molar-refractivity contribution in [1.82, 2.24) is 0 Å². The molecule has 5 rings (SSSR count). The summed E-state index contributed by atoms with van der Waals surface area (Å²) >= 11 is 0. The van der Waals surface area contributed by atoms with Gasteiger partial charge in [-0.1, -0.05) is 0 Å². The number of methoxy groups -OCH3 is 2. The Morgan fingerprint density at radius 2 is 1.46 bits per heavy atom. The summed E-state index contributed by atoms with van der Waals surface area (Å²) in [5.74, 6) is 3.37. The van der Waals surface area contributed by atoms with E-state index in [1.165, 1.54) is 19.3 Å². The molecule has 0 aromatic heterocycles. The summed E-state index contributed by atoms with van der Waals surface area (Å²) in [5, 5.41) is 0. The van der Waals surface area contributed by atoms with Gasteiger partial charge in [-0.2, -0.15) is 0 Å². The number of ether oxygens (including phenoxy) is 3. The van der Waals surface area contributed by atoms with E-state index >= 15 is 0 Å². The lowest BCUT2D eigenvalue weighted by Gasteiger charge is -2.55. The molecule has 0 amide bonds. The van der Waals surface area contributed by atoms with Gasteiger partial charge >= 0.3 is 5.97 Å². The van der Waals surface area contributed by atoms with Gasteiger partial charge in [0.2, 0.25) is 0 Å². The molecule has 1 aromatic rings. The van der Waals surface area contributed by atoms with Gasteiger partial charge in [-0.05, 0) is 80.4 Å². The molecule has 4 bridgehead atoms. The Hall–Kier alpha value is -2.04. The first kappa shape index (κ1) is 19.3. The fraction of sp³-hybridized carbons (Fsp3) is 0.652. The molecule has 4 fully saturated rings. The highest BCUT2D eigenvalue weighted by Crippen LogP contribution is 2.60. The first-order valence-corrected chi connectivity index (χ1v) is 10.4. The van der Waals surface area contributed by atoms with Crippen LogP contribution in [0.4, 0.5) is 0 Å². The first-order valence-electron chi connectivity index (χ1n) is 10.4. The third-order valence-corrected chi connectivity index (χ3v) is 7.02. The quantitative estimate of drug-likeness (QED) is 0.633. The van der Waals surface area contributed by atoms with Gasteiger partial charge in [0.25, 0.3) is 0 Å². The normalized spacial score (nSPS) is 30.1. The van der Waals surface area contributed by atoms with Crippen molar-refractivity contribution in [3.63, 3.8) is 0 Å². The molecule has 0 atom stereocenters. The topological polar surface area (TPSA) is 61.8 Å². The highest BCUT2D eigenvalue weighted by atomic mass is 16.5. The summed E-state index contributed by atoms with van der Waals surface area (Å²) in [7, 11) is 3.20. The molecule has 0 radical (unpaired) electrons. The Kier molecular flexibility index (Phi) is 5.35. The van der Waals surface area contributed by atoms with Gasteiger partial charge in [-0.15, -0.1) is 0 Å². The van der Waals surface area contributed by atoms with E-state index < -0.39 is 0 Å². The Labute approximate surface area is 166 Å². The summed E-state index contributed by atoms with van der Waals surface area (Å²) in [6.45, 7) is -0.0631. The highest BCUT2D eigenvalue weighted by Gasteiger charge is 2.54. The molecule has 5 heteroatoms. The maximum atomic E-state index is 12.9. The minimum Gasteiger partial charge on any atom is -0.497 e. The van der Waals surface area contributed by atoms with Gasteiger partial charge in [0.05, 0.1) is 14.2 Å². The molecular formula is C23H30O5. The molecule has 152 valence electrons. The van der Waals surface area contributed by atoms with Gasteiger partial charge < -0.3 is 14.2 Å². The molecule has 1 aromatic carbocycles. The van der Waals surface area contributed by atoms with Crippen LogP contribution < -0.4 is 9.47 Å². The zero-order chi connectivity index (χ0) is 19.7. The molecule has 4 aliphatic rings. The zero-order valence-corrected chi connectivity index (χ0v) is 16.9. The van der Waals surface area contributed by atoms with Crippen LogP contribution in [0.3, 0.4) is 0 Å². The number of esters is 1.